The lowest BCUT2D eigenvalue weighted by Crippen LogP contribution is -2.15. The molecule has 1 fully saturated rings. The molecule has 5 nitrogen and oxygen atoms in total. The van der Waals surface area contributed by atoms with Crippen LogP contribution in [0.25, 0.3) is 0 Å². The maximum absolute atomic E-state index is 11.6. The molecule has 1 N–H and O–H groups in total. The Morgan fingerprint density at radius 3 is 2.53 bits per heavy atom. The number of aromatic nitrogens is 2. The van der Waals surface area contributed by atoms with Crippen LogP contribution in [0.5, 0.6) is 0 Å². The molecule has 0 saturated carbocycles. The Labute approximate surface area is 114 Å². The topological polar surface area (TPSA) is 72.2 Å². The van der Waals surface area contributed by atoms with E-state index in [1.54, 1.807) is 6.92 Å². The Bertz CT molecular complexity index is 561. The van der Waals surface area contributed by atoms with Crippen LogP contribution in [0.3, 0.4) is 0 Å². The van der Waals surface area contributed by atoms with E-state index < -0.39 is 15.9 Å². The first kappa shape index (κ1) is 14.5. The van der Waals surface area contributed by atoms with E-state index in [1.165, 1.54) is 0 Å². The van der Waals surface area contributed by atoms with Crippen LogP contribution in [-0.4, -0.2) is 34.8 Å². The molecule has 1 aromatic heterocycles. The van der Waals surface area contributed by atoms with Crippen molar-refractivity contribution in [2.24, 2.45) is 0 Å². The summed E-state index contributed by atoms with van der Waals surface area (Å²) in [6, 6.07) is -0.0715. The summed E-state index contributed by atoms with van der Waals surface area (Å²) < 4.78 is 25.1. The van der Waals surface area contributed by atoms with Gasteiger partial charge in [-0.15, -0.1) is 0 Å². The first-order valence-corrected chi connectivity index (χ1v) is 8.70. The van der Waals surface area contributed by atoms with Gasteiger partial charge in [-0.2, -0.15) is 5.10 Å². The molecule has 6 heteroatoms. The van der Waals surface area contributed by atoms with Crippen molar-refractivity contribution >= 4 is 9.84 Å². The van der Waals surface area contributed by atoms with E-state index in [4.69, 9.17) is 0 Å². The fraction of sp³-hybridized carbons (Fsp3) is 0.769. The molecule has 2 atom stereocenters. The predicted molar refractivity (Wildman–Crippen MR) is 73.9 cm³/mol. The Morgan fingerprint density at radius 1 is 1.42 bits per heavy atom. The standard InChI is InChI=1S/C13H22N2O3S/c1-4-11-13(9(3)16)12(5-2)15(14-11)10-6-7-19(17,18)8-10/h9-10,16H,4-8H2,1-3H3. The molecule has 1 aliphatic heterocycles. The highest BCUT2D eigenvalue weighted by molar-refractivity contribution is 7.91. The van der Waals surface area contributed by atoms with Crippen molar-refractivity contribution in [3.8, 4) is 0 Å². The van der Waals surface area contributed by atoms with Crippen LogP contribution in [0.15, 0.2) is 0 Å². The number of aliphatic hydroxyl groups excluding tert-OH is 1. The largest absolute Gasteiger partial charge is 0.389 e. The first-order valence-electron chi connectivity index (χ1n) is 6.88. The molecule has 1 aliphatic rings. The molecule has 19 heavy (non-hydrogen) atoms. The van der Waals surface area contributed by atoms with Crippen molar-refractivity contribution in [2.75, 3.05) is 11.5 Å². The summed E-state index contributed by atoms with van der Waals surface area (Å²) >= 11 is 0. The van der Waals surface area contributed by atoms with Gasteiger partial charge in [0.15, 0.2) is 9.84 Å². The minimum Gasteiger partial charge on any atom is -0.389 e. The van der Waals surface area contributed by atoms with Gasteiger partial charge in [-0.05, 0) is 26.2 Å². The second kappa shape index (κ2) is 5.25. The van der Waals surface area contributed by atoms with E-state index in [1.807, 2.05) is 18.5 Å². The zero-order chi connectivity index (χ0) is 14.2. The van der Waals surface area contributed by atoms with Crippen LogP contribution in [-0.2, 0) is 22.7 Å². The fourth-order valence-electron chi connectivity index (χ4n) is 2.90. The average molecular weight is 286 g/mol. The van der Waals surface area contributed by atoms with Crippen LogP contribution in [0, 0.1) is 0 Å². The third kappa shape index (κ3) is 2.69. The monoisotopic (exact) mass is 286 g/mol. The summed E-state index contributed by atoms with van der Waals surface area (Å²) in [5.41, 5.74) is 2.75. The third-order valence-electron chi connectivity index (χ3n) is 3.77. The molecule has 0 radical (unpaired) electrons. The molecule has 0 spiro atoms. The smallest absolute Gasteiger partial charge is 0.152 e. The van der Waals surface area contributed by atoms with E-state index >= 15 is 0 Å². The Kier molecular flexibility index (Phi) is 4.01. The quantitative estimate of drug-likeness (QED) is 0.908. The van der Waals surface area contributed by atoms with Crippen LogP contribution >= 0.6 is 0 Å². The number of rotatable bonds is 4. The Hall–Kier alpha value is -0.880. The fourth-order valence-corrected chi connectivity index (χ4v) is 4.59. The molecule has 2 heterocycles. The lowest BCUT2D eigenvalue weighted by molar-refractivity contribution is 0.197. The lowest BCUT2D eigenvalue weighted by atomic mass is 10.0. The Morgan fingerprint density at radius 2 is 2.11 bits per heavy atom. The van der Waals surface area contributed by atoms with Crippen molar-refractivity contribution in [1.82, 2.24) is 9.78 Å². The highest BCUT2D eigenvalue weighted by Gasteiger charge is 2.32. The molecule has 1 aromatic rings. The van der Waals surface area contributed by atoms with Gasteiger partial charge < -0.3 is 5.11 Å². The van der Waals surface area contributed by atoms with Crippen molar-refractivity contribution < 1.29 is 13.5 Å². The minimum atomic E-state index is -2.92. The molecule has 0 aliphatic carbocycles. The van der Waals surface area contributed by atoms with Crippen LogP contribution in [0.1, 0.15) is 56.3 Å². The highest BCUT2D eigenvalue weighted by Crippen LogP contribution is 2.30. The van der Waals surface area contributed by atoms with Gasteiger partial charge in [0.1, 0.15) is 0 Å². The minimum absolute atomic E-state index is 0.0715. The molecule has 0 aromatic carbocycles. The molecule has 0 amide bonds. The van der Waals surface area contributed by atoms with E-state index in [0.29, 0.717) is 6.42 Å². The van der Waals surface area contributed by atoms with Gasteiger partial charge in [0.05, 0.1) is 29.3 Å². The number of hydrogen-bond acceptors (Lipinski definition) is 4. The second-order valence-electron chi connectivity index (χ2n) is 5.19. The van der Waals surface area contributed by atoms with E-state index in [0.717, 1.165) is 29.8 Å². The van der Waals surface area contributed by atoms with Crippen LogP contribution < -0.4 is 0 Å². The highest BCUT2D eigenvalue weighted by atomic mass is 32.2. The van der Waals surface area contributed by atoms with Gasteiger partial charge in [-0.1, -0.05) is 13.8 Å². The number of hydrogen-bond donors (Lipinski definition) is 1. The first-order chi connectivity index (χ1) is 8.89. The number of aryl methyl sites for hydroxylation is 1. The molecular formula is C13H22N2O3S. The van der Waals surface area contributed by atoms with E-state index in [2.05, 4.69) is 5.10 Å². The van der Waals surface area contributed by atoms with Gasteiger partial charge in [-0.25, -0.2) is 8.42 Å². The molecule has 108 valence electrons. The SMILES string of the molecule is CCc1nn(C2CCS(=O)(=O)C2)c(CC)c1C(C)O. The zero-order valence-corrected chi connectivity index (χ0v) is 12.6. The predicted octanol–water partition coefficient (Wildman–Crippen LogP) is 1.42. The number of sulfone groups is 1. The molecular weight excluding hydrogens is 264 g/mol. The summed E-state index contributed by atoms with van der Waals surface area (Å²) in [6.07, 6.45) is 1.57. The number of aliphatic hydroxyl groups is 1. The van der Waals surface area contributed by atoms with Crippen LogP contribution in [0.2, 0.25) is 0 Å². The van der Waals surface area contributed by atoms with Crippen molar-refractivity contribution in [2.45, 2.75) is 52.2 Å². The third-order valence-corrected chi connectivity index (χ3v) is 5.52. The molecule has 1 saturated heterocycles. The number of nitrogens with zero attached hydrogens (tertiary/aromatic N) is 2. The summed E-state index contributed by atoms with van der Waals surface area (Å²) in [5, 5.41) is 14.5. The van der Waals surface area contributed by atoms with Crippen molar-refractivity contribution in [1.29, 1.82) is 0 Å². The normalized spacial score (nSPS) is 23.7. The molecule has 2 unspecified atom stereocenters. The van der Waals surface area contributed by atoms with E-state index in [9.17, 15) is 13.5 Å². The zero-order valence-electron chi connectivity index (χ0n) is 11.8. The van der Waals surface area contributed by atoms with Gasteiger partial charge in [-0.3, -0.25) is 4.68 Å². The van der Waals surface area contributed by atoms with Crippen molar-refractivity contribution in [3.63, 3.8) is 0 Å². The van der Waals surface area contributed by atoms with Crippen molar-refractivity contribution in [3.05, 3.63) is 17.0 Å². The van der Waals surface area contributed by atoms with Gasteiger partial charge >= 0.3 is 0 Å². The summed E-state index contributed by atoms with van der Waals surface area (Å²) in [4.78, 5) is 0. The molecule has 0 bridgehead atoms. The Balaban J connectivity index is 2.46. The summed E-state index contributed by atoms with van der Waals surface area (Å²) in [6.45, 7) is 5.76. The van der Waals surface area contributed by atoms with Gasteiger partial charge in [0, 0.05) is 11.3 Å². The average Bonchev–Trinajstić information content (AvgIpc) is 2.88. The van der Waals surface area contributed by atoms with E-state index in [-0.39, 0.29) is 17.5 Å². The van der Waals surface area contributed by atoms with Gasteiger partial charge in [0.2, 0.25) is 0 Å². The van der Waals surface area contributed by atoms with Gasteiger partial charge in [0.25, 0.3) is 0 Å². The summed E-state index contributed by atoms with van der Waals surface area (Å²) in [5.74, 6) is 0.413. The maximum atomic E-state index is 11.6. The second-order valence-corrected chi connectivity index (χ2v) is 7.42. The maximum Gasteiger partial charge on any atom is 0.152 e. The summed E-state index contributed by atoms with van der Waals surface area (Å²) in [7, 11) is -2.92. The molecule has 2 rings (SSSR count). The lowest BCUT2D eigenvalue weighted by Gasteiger charge is -2.14. The van der Waals surface area contributed by atoms with Crippen LogP contribution in [0.4, 0.5) is 0 Å².